The number of hydrogen-bond donors (Lipinski definition) is 2. The van der Waals surface area contributed by atoms with Crippen LogP contribution in [0.1, 0.15) is 31.7 Å². The molecule has 0 saturated heterocycles. The highest BCUT2D eigenvalue weighted by molar-refractivity contribution is 6.53. The molecule has 2 aliphatic carbocycles. The summed E-state index contributed by atoms with van der Waals surface area (Å²) in [5.74, 6) is -1.12. The summed E-state index contributed by atoms with van der Waals surface area (Å²) in [4.78, 5) is 24.0. The fourth-order valence-electron chi connectivity index (χ4n) is 2.46. The Morgan fingerprint density at radius 2 is 1.80 bits per heavy atom. The van der Waals surface area contributed by atoms with Crippen LogP contribution in [0.3, 0.4) is 0 Å². The number of anilines is 2. The van der Waals surface area contributed by atoms with Gasteiger partial charge in [-0.05, 0) is 44.4 Å². The molecular weight excluding hydrogens is 380 g/mol. The molecule has 136 valence electrons. The van der Waals surface area contributed by atoms with E-state index in [1.165, 1.54) is 13.0 Å². The first kappa shape index (κ1) is 18.3. The maximum Gasteiger partial charge on any atom is 0.418 e. The molecule has 3 rings (SSSR count). The standard InChI is InChI=1S/C16H15Cl2F3N2O2/c1-14(7-15(14,17)18)13(25)23-11-5-4-9(6-10(11)16(19,20)21)22-12(24)8-2-3-8/h4-6,8H,2-3,7H2,1H3,(H,22,24)(H,23,25). The van der Waals surface area contributed by atoms with Gasteiger partial charge in [0, 0.05) is 11.6 Å². The number of rotatable bonds is 4. The van der Waals surface area contributed by atoms with Gasteiger partial charge >= 0.3 is 6.18 Å². The van der Waals surface area contributed by atoms with E-state index in [0.29, 0.717) is 0 Å². The van der Waals surface area contributed by atoms with E-state index in [9.17, 15) is 22.8 Å². The number of hydrogen-bond acceptors (Lipinski definition) is 2. The largest absolute Gasteiger partial charge is 0.418 e. The molecule has 0 aliphatic heterocycles. The first-order valence-corrected chi connectivity index (χ1v) is 8.41. The third-order valence-corrected chi connectivity index (χ3v) is 5.65. The smallest absolute Gasteiger partial charge is 0.326 e. The minimum Gasteiger partial charge on any atom is -0.326 e. The van der Waals surface area contributed by atoms with E-state index < -0.39 is 33.1 Å². The van der Waals surface area contributed by atoms with Gasteiger partial charge in [0.05, 0.1) is 16.7 Å². The van der Waals surface area contributed by atoms with Crippen LogP contribution >= 0.6 is 23.2 Å². The van der Waals surface area contributed by atoms with Crippen molar-refractivity contribution in [2.75, 3.05) is 10.6 Å². The molecule has 1 atom stereocenters. The topological polar surface area (TPSA) is 58.2 Å². The SMILES string of the molecule is CC1(C(=O)Nc2ccc(NC(=O)C3CC3)cc2C(F)(F)F)CC1(Cl)Cl. The molecule has 1 aromatic carbocycles. The van der Waals surface area contributed by atoms with Crippen LogP contribution in [0.15, 0.2) is 18.2 Å². The Morgan fingerprint density at radius 3 is 2.28 bits per heavy atom. The highest BCUT2D eigenvalue weighted by Gasteiger charge is 2.68. The van der Waals surface area contributed by atoms with Gasteiger partial charge in [-0.25, -0.2) is 0 Å². The van der Waals surface area contributed by atoms with E-state index >= 15 is 0 Å². The molecule has 0 spiro atoms. The molecule has 0 bridgehead atoms. The molecule has 0 aromatic heterocycles. The van der Waals surface area contributed by atoms with Crippen LogP contribution in [0.4, 0.5) is 24.5 Å². The van der Waals surface area contributed by atoms with E-state index in [2.05, 4.69) is 10.6 Å². The van der Waals surface area contributed by atoms with Crippen molar-refractivity contribution in [3.63, 3.8) is 0 Å². The normalized spacial score (nSPS) is 24.6. The monoisotopic (exact) mass is 394 g/mol. The highest BCUT2D eigenvalue weighted by atomic mass is 35.5. The van der Waals surface area contributed by atoms with Gasteiger partial charge in [0.15, 0.2) is 0 Å². The molecule has 9 heteroatoms. The van der Waals surface area contributed by atoms with Crippen molar-refractivity contribution in [1.82, 2.24) is 0 Å². The molecule has 2 saturated carbocycles. The minimum absolute atomic E-state index is 0.0314. The first-order valence-electron chi connectivity index (χ1n) is 7.65. The molecule has 25 heavy (non-hydrogen) atoms. The zero-order valence-electron chi connectivity index (χ0n) is 13.1. The Balaban J connectivity index is 1.83. The third-order valence-electron chi connectivity index (χ3n) is 4.55. The molecule has 4 nitrogen and oxygen atoms in total. The lowest BCUT2D eigenvalue weighted by molar-refractivity contribution is -0.137. The van der Waals surface area contributed by atoms with Gasteiger partial charge in [-0.2, -0.15) is 13.2 Å². The van der Waals surface area contributed by atoms with Gasteiger partial charge in [0.25, 0.3) is 0 Å². The van der Waals surface area contributed by atoms with Crippen LogP contribution in [0, 0.1) is 11.3 Å². The van der Waals surface area contributed by atoms with Crippen LogP contribution in [0.2, 0.25) is 0 Å². The summed E-state index contributed by atoms with van der Waals surface area (Å²) in [6.45, 7) is 1.49. The summed E-state index contributed by atoms with van der Waals surface area (Å²) < 4.78 is 38.7. The number of halogens is 5. The summed E-state index contributed by atoms with van der Waals surface area (Å²) in [6, 6.07) is 3.23. The van der Waals surface area contributed by atoms with E-state index in [1.807, 2.05) is 0 Å². The Hall–Kier alpha value is -1.47. The van der Waals surface area contributed by atoms with Crippen molar-refractivity contribution < 1.29 is 22.8 Å². The fraction of sp³-hybridized carbons (Fsp3) is 0.500. The Labute approximate surface area is 152 Å². The molecular formula is C16H15Cl2F3N2O2. The number of carbonyl (C=O) groups excluding carboxylic acids is 2. The Morgan fingerprint density at radius 1 is 1.20 bits per heavy atom. The lowest BCUT2D eigenvalue weighted by atomic mass is 10.1. The zero-order valence-corrected chi connectivity index (χ0v) is 14.6. The maximum atomic E-state index is 13.3. The van der Waals surface area contributed by atoms with Crippen molar-refractivity contribution in [3.8, 4) is 0 Å². The van der Waals surface area contributed by atoms with Crippen LogP contribution < -0.4 is 10.6 Å². The zero-order chi connectivity index (χ0) is 18.6. The summed E-state index contributed by atoms with van der Waals surface area (Å²) in [5, 5.41) is 4.71. The lowest BCUT2D eigenvalue weighted by Crippen LogP contribution is -2.27. The van der Waals surface area contributed by atoms with Gasteiger partial charge in [0.1, 0.15) is 4.33 Å². The number of nitrogens with one attached hydrogen (secondary N) is 2. The quantitative estimate of drug-likeness (QED) is 0.734. The van der Waals surface area contributed by atoms with E-state index in [0.717, 1.165) is 25.0 Å². The fourth-order valence-corrected chi connectivity index (χ4v) is 3.17. The van der Waals surface area contributed by atoms with Crippen molar-refractivity contribution >= 4 is 46.4 Å². The minimum atomic E-state index is -4.70. The van der Waals surface area contributed by atoms with Gasteiger partial charge < -0.3 is 10.6 Å². The molecule has 2 aliphatic rings. The predicted octanol–water partition coefficient (Wildman–Crippen LogP) is 4.58. The maximum absolute atomic E-state index is 13.3. The summed E-state index contributed by atoms with van der Waals surface area (Å²) >= 11 is 11.8. The molecule has 2 N–H and O–H groups in total. The van der Waals surface area contributed by atoms with Crippen molar-refractivity contribution in [2.24, 2.45) is 11.3 Å². The second-order valence-corrected chi connectivity index (χ2v) is 8.17. The van der Waals surface area contributed by atoms with E-state index in [1.54, 1.807) is 0 Å². The van der Waals surface area contributed by atoms with Crippen molar-refractivity contribution in [1.29, 1.82) is 0 Å². The highest BCUT2D eigenvalue weighted by Crippen LogP contribution is 2.64. The van der Waals surface area contributed by atoms with Crippen molar-refractivity contribution in [3.05, 3.63) is 23.8 Å². The number of alkyl halides is 5. The molecule has 2 amide bonds. The summed E-state index contributed by atoms with van der Waals surface area (Å²) in [7, 11) is 0. The number of carbonyl (C=O) groups is 2. The second-order valence-electron chi connectivity index (χ2n) is 6.69. The number of benzene rings is 1. The van der Waals surface area contributed by atoms with Crippen LogP contribution in [-0.4, -0.2) is 16.1 Å². The van der Waals surface area contributed by atoms with Crippen LogP contribution in [0.25, 0.3) is 0 Å². The third kappa shape index (κ3) is 3.58. The van der Waals surface area contributed by atoms with Gasteiger partial charge in [-0.3, -0.25) is 9.59 Å². The van der Waals surface area contributed by atoms with Crippen molar-refractivity contribution in [2.45, 2.75) is 36.7 Å². The van der Waals surface area contributed by atoms with Gasteiger partial charge in [0.2, 0.25) is 11.8 Å². The molecule has 0 radical (unpaired) electrons. The molecule has 1 unspecified atom stereocenters. The van der Waals surface area contributed by atoms with Gasteiger partial charge in [-0.1, -0.05) is 0 Å². The Kier molecular flexibility index (Phi) is 4.23. The average molecular weight is 395 g/mol. The lowest BCUT2D eigenvalue weighted by Gasteiger charge is -2.18. The van der Waals surface area contributed by atoms with Gasteiger partial charge in [-0.15, -0.1) is 23.2 Å². The van der Waals surface area contributed by atoms with E-state index in [4.69, 9.17) is 23.2 Å². The molecule has 0 heterocycles. The predicted molar refractivity (Wildman–Crippen MR) is 88.6 cm³/mol. The van der Waals surface area contributed by atoms with E-state index in [-0.39, 0.29) is 23.9 Å². The molecule has 1 aromatic rings. The Bertz CT molecular complexity index is 747. The summed E-state index contributed by atoms with van der Waals surface area (Å²) in [5.41, 5.74) is -2.56. The first-order chi connectivity index (χ1) is 11.4. The number of amides is 2. The van der Waals surface area contributed by atoms with Crippen LogP contribution in [0.5, 0.6) is 0 Å². The summed E-state index contributed by atoms with van der Waals surface area (Å²) in [6.07, 6.45) is -3.06. The van der Waals surface area contributed by atoms with Crippen LogP contribution in [-0.2, 0) is 15.8 Å². The average Bonchev–Trinajstić information content (AvgIpc) is 3.37. The second kappa shape index (κ2) is 5.77. The molecule has 2 fully saturated rings.